The minimum atomic E-state index is 0.889. The second kappa shape index (κ2) is 11.5. The van der Waals surface area contributed by atoms with Gasteiger partial charge in [0, 0.05) is 33.1 Å². The molecule has 0 aliphatic heterocycles. The molecule has 2 heteroatoms. The lowest BCUT2D eigenvalue weighted by Gasteiger charge is -2.28. The van der Waals surface area contributed by atoms with E-state index in [1.54, 1.807) is 0 Å². The van der Waals surface area contributed by atoms with Crippen LogP contribution in [0.5, 0.6) is 0 Å². The van der Waals surface area contributed by atoms with Gasteiger partial charge in [-0.25, -0.2) is 0 Å². The Balaban J connectivity index is 1.17. The van der Waals surface area contributed by atoms with E-state index in [1.165, 1.54) is 38.1 Å². The minimum absolute atomic E-state index is 0.889. The van der Waals surface area contributed by atoms with Gasteiger partial charge in [0.25, 0.3) is 0 Å². The van der Waals surface area contributed by atoms with Crippen LogP contribution in [-0.4, -0.2) is 0 Å². The fourth-order valence-electron chi connectivity index (χ4n) is 7.59. The van der Waals surface area contributed by atoms with Crippen molar-refractivity contribution < 1.29 is 4.42 Å². The van der Waals surface area contributed by atoms with Gasteiger partial charge in [-0.2, -0.15) is 0 Å². The van der Waals surface area contributed by atoms with Crippen molar-refractivity contribution >= 4 is 71.3 Å². The monoisotopic (exact) mass is 637 g/mol. The highest BCUT2D eigenvalue weighted by molar-refractivity contribution is 6.19. The number of nitrogens with zero attached hydrogens (tertiary/aromatic N) is 1. The van der Waals surface area contributed by atoms with Crippen LogP contribution >= 0.6 is 0 Å². The second-order valence-corrected chi connectivity index (χ2v) is 12.9. The van der Waals surface area contributed by atoms with E-state index >= 15 is 0 Å². The third-order valence-corrected chi connectivity index (χ3v) is 10.0. The lowest BCUT2D eigenvalue weighted by molar-refractivity contribution is 0.673. The van der Waals surface area contributed by atoms with Gasteiger partial charge in [-0.15, -0.1) is 0 Å². The maximum absolute atomic E-state index is 6.61. The predicted octanol–water partition coefficient (Wildman–Crippen LogP) is 13.8. The summed E-state index contributed by atoms with van der Waals surface area (Å²) in [5.41, 5.74) is 9.79. The topological polar surface area (TPSA) is 16.4 Å². The first-order valence-corrected chi connectivity index (χ1v) is 17.1. The minimum Gasteiger partial charge on any atom is -0.455 e. The third kappa shape index (κ3) is 4.65. The molecule has 0 saturated heterocycles. The zero-order chi connectivity index (χ0) is 33.0. The number of furan rings is 1. The summed E-state index contributed by atoms with van der Waals surface area (Å²) in [6.07, 6.45) is 0. The van der Waals surface area contributed by atoms with Gasteiger partial charge in [0.2, 0.25) is 0 Å². The van der Waals surface area contributed by atoms with E-state index in [4.69, 9.17) is 4.42 Å². The van der Waals surface area contributed by atoms with Crippen LogP contribution in [0.3, 0.4) is 0 Å². The van der Waals surface area contributed by atoms with Gasteiger partial charge >= 0.3 is 0 Å². The third-order valence-electron chi connectivity index (χ3n) is 10.0. The first-order chi connectivity index (χ1) is 24.8. The van der Waals surface area contributed by atoms with Gasteiger partial charge in [0.15, 0.2) is 0 Å². The van der Waals surface area contributed by atoms with E-state index < -0.39 is 0 Å². The maximum Gasteiger partial charge on any atom is 0.143 e. The van der Waals surface area contributed by atoms with E-state index in [1.807, 2.05) is 0 Å². The highest BCUT2D eigenvalue weighted by atomic mass is 16.3. The zero-order valence-corrected chi connectivity index (χ0v) is 27.3. The van der Waals surface area contributed by atoms with Crippen molar-refractivity contribution in [2.45, 2.75) is 0 Å². The number of rotatable bonds is 5. The van der Waals surface area contributed by atoms with Crippen LogP contribution < -0.4 is 4.90 Å². The molecule has 1 heterocycles. The summed E-state index contributed by atoms with van der Waals surface area (Å²) >= 11 is 0. The summed E-state index contributed by atoms with van der Waals surface area (Å²) in [4.78, 5) is 2.39. The summed E-state index contributed by atoms with van der Waals surface area (Å²) in [5, 5.41) is 9.48. The van der Waals surface area contributed by atoms with Crippen molar-refractivity contribution in [3.05, 3.63) is 188 Å². The normalized spacial score (nSPS) is 11.6. The van der Waals surface area contributed by atoms with Crippen molar-refractivity contribution in [3.8, 4) is 22.3 Å². The molecule has 0 aliphatic rings. The Morgan fingerprint density at radius 3 is 1.78 bits per heavy atom. The number of anilines is 3. The molecule has 2 nitrogen and oxygen atoms in total. The molecule has 0 saturated carbocycles. The van der Waals surface area contributed by atoms with Crippen molar-refractivity contribution in [1.29, 1.82) is 0 Å². The van der Waals surface area contributed by atoms with Crippen molar-refractivity contribution in [3.63, 3.8) is 0 Å². The van der Waals surface area contributed by atoms with Crippen molar-refractivity contribution in [1.82, 2.24) is 0 Å². The Morgan fingerprint density at radius 1 is 0.360 bits per heavy atom. The van der Waals surface area contributed by atoms with Crippen molar-refractivity contribution in [2.75, 3.05) is 4.90 Å². The molecule has 0 unspecified atom stereocenters. The molecule has 10 rings (SSSR count). The molecule has 234 valence electrons. The average Bonchev–Trinajstić information content (AvgIpc) is 3.58. The molecule has 0 fully saturated rings. The van der Waals surface area contributed by atoms with E-state index in [9.17, 15) is 0 Å². The Kier molecular flexibility index (Phi) is 6.53. The van der Waals surface area contributed by atoms with E-state index in [2.05, 4.69) is 193 Å². The quantitative estimate of drug-likeness (QED) is 0.187. The molecule has 0 radical (unpaired) electrons. The lowest BCUT2D eigenvalue weighted by Crippen LogP contribution is -2.11. The molecular weight excluding hydrogens is 607 g/mol. The van der Waals surface area contributed by atoms with Crippen LogP contribution in [0, 0.1) is 0 Å². The summed E-state index contributed by atoms with van der Waals surface area (Å²) in [7, 11) is 0. The van der Waals surface area contributed by atoms with Gasteiger partial charge in [-0.3, -0.25) is 0 Å². The van der Waals surface area contributed by atoms with Crippen LogP contribution in [0.15, 0.2) is 192 Å². The standard InChI is InChI=1S/C48H31NO/c1-3-13-36-30-38(21-20-32(36)10-1)34-22-26-39(27-23-34)49(40-28-24-33-11-2-4-14-37(33)31-40)45-18-8-7-16-42(45)43-17-9-19-46-47(43)44-29-25-35-12-5-6-15-41(35)48(44)50-46/h1-31H. The highest BCUT2D eigenvalue weighted by Gasteiger charge is 2.21. The first-order valence-electron chi connectivity index (χ1n) is 17.1. The van der Waals surface area contributed by atoms with Crippen LogP contribution in [0.2, 0.25) is 0 Å². The largest absolute Gasteiger partial charge is 0.455 e. The Labute approximate surface area is 290 Å². The molecule has 1 aromatic heterocycles. The molecule has 10 aromatic rings. The molecule has 0 N–H and O–H groups in total. The molecule has 0 spiro atoms. The van der Waals surface area contributed by atoms with Crippen LogP contribution in [-0.2, 0) is 0 Å². The number of hydrogen-bond donors (Lipinski definition) is 0. The summed E-state index contributed by atoms with van der Waals surface area (Å²) in [6.45, 7) is 0. The van der Waals surface area contributed by atoms with Gasteiger partial charge in [0.05, 0.1) is 5.69 Å². The van der Waals surface area contributed by atoms with Gasteiger partial charge in [-0.1, -0.05) is 140 Å². The molecule has 0 atom stereocenters. The molecular formula is C48H31NO. The summed E-state index contributed by atoms with van der Waals surface area (Å²) in [6, 6.07) is 67.6. The Morgan fingerprint density at radius 2 is 0.960 bits per heavy atom. The van der Waals surface area contributed by atoms with Gasteiger partial charge in [0.1, 0.15) is 11.2 Å². The Hall–Kier alpha value is -6.64. The molecule has 0 bridgehead atoms. The van der Waals surface area contributed by atoms with Crippen molar-refractivity contribution in [2.24, 2.45) is 0 Å². The van der Waals surface area contributed by atoms with Gasteiger partial charge in [-0.05, 0) is 92.2 Å². The highest BCUT2D eigenvalue weighted by Crippen LogP contribution is 2.46. The summed E-state index contributed by atoms with van der Waals surface area (Å²) in [5.74, 6) is 0. The van der Waals surface area contributed by atoms with E-state index in [0.717, 1.165) is 55.5 Å². The summed E-state index contributed by atoms with van der Waals surface area (Å²) < 4.78 is 6.61. The van der Waals surface area contributed by atoms with Crippen LogP contribution in [0.1, 0.15) is 0 Å². The van der Waals surface area contributed by atoms with Crippen LogP contribution in [0.25, 0.3) is 76.5 Å². The van der Waals surface area contributed by atoms with E-state index in [0.29, 0.717) is 0 Å². The fourth-order valence-corrected chi connectivity index (χ4v) is 7.59. The smallest absolute Gasteiger partial charge is 0.143 e. The van der Waals surface area contributed by atoms with E-state index in [-0.39, 0.29) is 0 Å². The average molecular weight is 638 g/mol. The lowest BCUT2D eigenvalue weighted by atomic mass is 9.96. The number of fused-ring (bicyclic) bond motifs is 7. The zero-order valence-electron chi connectivity index (χ0n) is 27.3. The number of para-hydroxylation sites is 1. The maximum atomic E-state index is 6.61. The molecule has 9 aromatic carbocycles. The van der Waals surface area contributed by atoms with Crippen LogP contribution in [0.4, 0.5) is 17.1 Å². The predicted molar refractivity (Wildman–Crippen MR) is 212 cm³/mol. The second-order valence-electron chi connectivity index (χ2n) is 12.9. The fraction of sp³-hybridized carbons (Fsp3) is 0. The number of benzene rings is 9. The molecule has 0 aliphatic carbocycles. The Bertz CT molecular complexity index is 2880. The first kappa shape index (κ1) is 28.4. The number of hydrogen-bond acceptors (Lipinski definition) is 2. The molecule has 0 amide bonds. The van der Waals surface area contributed by atoms with Gasteiger partial charge < -0.3 is 9.32 Å². The SMILES string of the molecule is c1ccc(N(c2ccc(-c3ccc4ccccc4c3)cc2)c2ccc3ccccc3c2)c(-c2cccc3oc4c5ccccc5ccc4c23)c1. The molecule has 50 heavy (non-hydrogen) atoms.